The van der Waals surface area contributed by atoms with Gasteiger partial charge in [-0.2, -0.15) is 0 Å². The highest BCUT2D eigenvalue weighted by Crippen LogP contribution is 2.27. The maximum Gasteiger partial charge on any atom is 0.226 e. The summed E-state index contributed by atoms with van der Waals surface area (Å²) in [5.41, 5.74) is 2.77. The molecule has 0 fully saturated rings. The molecule has 0 bridgehead atoms. The van der Waals surface area contributed by atoms with Crippen molar-refractivity contribution in [1.82, 2.24) is 4.98 Å². The summed E-state index contributed by atoms with van der Waals surface area (Å²) in [6.07, 6.45) is 0.620. The fourth-order valence-electron chi connectivity index (χ4n) is 2.62. The molecule has 2 aromatic carbocycles. The number of fused-ring (bicyclic) bond motifs is 1. The van der Waals surface area contributed by atoms with Crippen LogP contribution in [0.1, 0.15) is 17.2 Å². The predicted octanol–water partition coefficient (Wildman–Crippen LogP) is 5.75. The van der Waals surface area contributed by atoms with Crippen LogP contribution in [0.3, 0.4) is 0 Å². The summed E-state index contributed by atoms with van der Waals surface area (Å²) < 4.78 is 12.7. The Morgan fingerprint density at radius 3 is 2.65 bits per heavy atom. The maximum atomic E-state index is 5.89. The van der Waals surface area contributed by atoms with Crippen LogP contribution in [0.15, 0.2) is 67.9 Å². The van der Waals surface area contributed by atoms with E-state index in [-0.39, 0.29) is 0 Å². The Hall–Kier alpha value is -2.33. The van der Waals surface area contributed by atoms with E-state index in [1.807, 2.05) is 55.5 Å². The quantitative estimate of drug-likeness (QED) is 0.462. The maximum absolute atomic E-state index is 5.89. The first-order valence-electron chi connectivity index (χ1n) is 7.39. The van der Waals surface area contributed by atoms with Crippen molar-refractivity contribution in [2.45, 2.75) is 13.3 Å². The van der Waals surface area contributed by atoms with Gasteiger partial charge in [0.05, 0.1) is 12.1 Å². The summed E-state index contributed by atoms with van der Waals surface area (Å²) in [5.74, 6) is 2.36. The number of hydrogen-bond donors (Lipinski definition) is 0. The minimum atomic E-state index is 0.620. The van der Waals surface area contributed by atoms with Gasteiger partial charge in [-0.3, -0.25) is 0 Å². The van der Waals surface area contributed by atoms with Crippen molar-refractivity contribution in [1.29, 1.82) is 0 Å². The van der Waals surface area contributed by atoms with Gasteiger partial charge in [-0.15, -0.1) is 0 Å². The average molecular weight is 368 g/mol. The summed E-state index contributed by atoms with van der Waals surface area (Å²) in [6.45, 7) is 1.94. The number of furan rings is 1. The summed E-state index contributed by atoms with van der Waals surface area (Å²) in [5, 5.41) is 1.08. The lowest BCUT2D eigenvalue weighted by Crippen LogP contribution is -1.88. The molecule has 4 heteroatoms. The highest BCUT2D eigenvalue weighted by atomic mass is 79.9. The zero-order chi connectivity index (χ0) is 15.8. The highest BCUT2D eigenvalue weighted by molar-refractivity contribution is 9.10. The zero-order valence-corrected chi connectivity index (χ0v) is 14.1. The molecule has 0 N–H and O–H groups in total. The zero-order valence-electron chi connectivity index (χ0n) is 12.5. The van der Waals surface area contributed by atoms with E-state index in [0.717, 1.165) is 38.2 Å². The van der Waals surface area contributed by atoms with Crippen LogP contribution >= 0.6 is 15.9 Å². The van der Waals surface area contributed by atoms with Crippen LogP contribution in [0.5, 0.6) is 0 Å². The van der Waals surface area contributed by atoms with Crippen LogP contribution in [0.2, 0.25) is 0 Å². The lowest BCUT2D eigenvalue weighted by atomic mass is 10.2. The van der Waals surface area contributed by atoms with Gasteiger partial charge >= 0.3 is 0 Å². The number of nitrogens with zero attached hydrogens (tertiary/aromatic N) is 1. The van der Waals surface area contributed by atoms with Gasteiger partial charge in [0.25, 0.3) is 0 Å². The van der Waals surface area contributed by atoms with Gasteiger partial charge in [-0.25, -0.2) is 4.98 Å². The molecule has 0 aliphatic carbocycles. The van der Waals surface area contributed by atoms with E-state index in [4.69, 9.17) is 8.83 Å². The van der Waals surface area contributed by atoms with Crippen LogP contribution in [-0.4, -0.2) is 4.98 Å². The second-order valence-corrected chi connectivity index (χ2v) is 6.38. The van der Waals surface area contributed by atoms with Gasteiger partial charge < -0.3 is 8.83 Å². The first kappa shape index (κ1) is 14.3. The minimum Gasteiger partial charge on any atom is -0.461 e. The molecule has 0 atom stereocenters. The van der Waals surface area contributed by atoms with Crippen molar-refractivity contribution >= 4 is 26.9 Å². The first-order valence-corrected chi connectivity index (χ1v) is 8.18. The van der Waals surface area contributed by atoms with E-state index >= 15 is 0 Å². The van der Waals surface area contributed by atoms with Crippen molar-refractivity contribution < 1.29 is 8.83 Å². The van der Waals surface area contributed by atoms with Crippen LogP contribution in [0.25, 0.3) is 22.4 Å². The van der Waals surface area contributed by atoms with Crippen molar-refractivity contribution in [2.75, 3.05) is 0 Å². The van der Waals surface area contributed by atoms with Gasteiger partial charge in [0.1, 0.15) is 17.1 Å². The molecule has 3 nitrogen and oxygen atoms in total. The fraction of sp³-hybridized carbons (Fsp3) is 0.105. The summed E-state index contributed by atoms with van der Waals surface area (Å²) in [4.78, 5) is 4.63. The predicted molar refractivity (Wildman–Crippen MR) is 93.4 cm³/mol. The third kappa shape index (κ3) is 2.82. The number of oxazole rings is 1. The molecule has 0 aliphatic heterocycles. The number of benzene rings is 2. The van der Waals surface area contributed by atoms with Crippen molar-refractivity contribution in [3.05, 3.63) is 76.3 Å². The lowest BCUT2D eigenvalue weighted by Gasteiger charge is -1.93. The molecule has 0 radical (unpaired) electrons. The summed E-state index contributed by atoms with van der Waals surface area (Å²) >= 11 is 3.48. The van der Waals surface area contributed by atoms with Crippen LogP contribution in [-0.2, 0) is 6.42 Å². The smallest absolute Gasteiger partial charge is 0.226 e. The molecule has 0 saturated carbocycles. The Balaban J connectivity index is 1.66. The molecular weight excluding hydrogens is 354 g/mol. The van der Waals surface area contributed by atoms with Gasteiger partial charge in [0, 0.05) is 15.4 Å². The van der Waals surface area contributed by atoms with E-state index in [0.29, 0.717) is 12.3 Å². The summed E-state index contributed by atoms with van der Waals surface area (Å²) in [6, 6.07) is 18.0. The Morgan fingerprint density at radius 2 is 1.83 bits per heavy atom. The van der Waals surface area contributed by atoms with Crippen LogP contribution in [0.4, 0.5) is 0 Å². The second kappa shape index (κ2) is 5.70. The van der Waals surface area contributed by atoms with Gasteiger partial charge in [-0.1, -0.05) is 34.1 Å². The van der Waals surface area contributed by atoms with Crippen molar-refractivity contribution in [2.24, 2.45) is 0 Å². The van der Waals surface area contributed by atoms with Crippen molar-refractivity contribution in [3.8, 4) is 11.5 Å². The molecule has 2 aromatic heterocycles. The van der Waals surface area contributed by atoms with Crippen LogP contribution in [0, 0.1) is 6.92 Å². The normalized spacial score (nSPS) is 11.2. The van der Waals surface area contributed by atoms with E-state index < -0.39 is 0 Å². The fourth-order valence-corrected chi connectivity index (χ4v) is 3.00. The number of rotatable bonds is 3. The first-order chi connectivity index (χ1) is 11.2. The molecular formula is C19H14BrNO2. The minimum absolute atomic E-state index is 0.620. The number of halogens is 1. The molecule has 0 saturated heterocycles. The second-order valence-electron chi connectivity index (χ2n) is 5.46. The Kier molecular flexibility index (Phi) is 3.54. The average Bonchev–Trinajstić information content (AvgIpc) is 3.11. The molecule has 0 aliphatic rings. The molecule has 23 heavy (non-hydrogen) atoms. The van der Waals surface area contributed by atoms with E-state index in [9.17, 15) is 0 Å². The molecule has 114 valence electrons. The monoisotopic (exact) mass is 367 g/mol. The van der Waals surface area contributed by atoms with Gasteiger partial charge in [0.15, 0.2) is 0 Å². The largest absolute Gasteiger partial charge is 0.461 e. The van der Waals surface area contributed by atoms with E-state index in [1.165, 1.54) is 0 Å². The number of aromatic nitrogens is 1. The standard InChI is InChI=1S/C19H14BrNO2/c1-12-17(21-19(22-12)13-5-3-2-4-6-13)11-16-10-14-9-15(20)7-8-18(14)23-16/h2-10H,11H2,1H3. The molecule has 0 amide bonds. The third-order valence-electron chi connectivity index (χ3n) is 3.78. The Bertz CT molecular complexity index is 970. The Labute approximate surface area is 142 Å². The van der Waals surface area contributed by atoms with E-state index in [2.05, 4.69) is 27.0 Å². The van der Waals surface area contributed by atoms with Crippen molar-refractivity contribution in [3.63, 3.8) is 0 Å². The van der Waals surface area contributed by atoms with Gasteiger partial charge in [0.2, 0.25) is 5.89 Å². The van der Waals surface area contributed by atoms with Gasteiger partial charge in [-0.05, 0) is 43.3 Å². The molecule has 2 heterocycles. The SMILES string of the molecule is Cc1oc(-c2ccccc2)nc1Cc1cc2cc(Br)ccc2o1. The molecule has 0 unspecified atom stereocenters. The topological polar surface area (TPSA) is 39.2 Å². The molecule has 0 spiro atoms. The van der Waals surface area contributed by atoms with E-state index in [1.54, 1.807) is 0 Å². The number of hydrogen-bond acceptors (Lipinski definition) is 3. The molecule has 4 aromatic rings. The number of aryl methyl sites for hydroxylation is 1. The molecule has 4 rings (SSSR count). The van der Waals surface area contributed by atoms with Crippen LogP contribution < -0.4 is 0 Å². The highest BCUT2D eigenvalue weighted by Gasteiger charge is 2.14. The third-order valence-corrected chi connectivity index (χ3v) is 4.28. The Morgan fingerprint density at radius 1 is 1.00 bits per heavy atom. The lowest BCUT2D eigenvalue weighted by molar-refractivity contribution is 0.533. The summed E-state index contributed by atoms with van der Waals surface area (Å²) in [7, 11) is 0.